The predicted molar refractivity (Wildman–Crippen MR) is 154 cm³/mol. The van der Waals surface area contributed by atoms with Crippen LogP contribution in [0.2, 0.25) is 10.0 Å². The van der Waals surface area contributed by atoms with E-state index in [1.807, 2.05) is 60.7 Å². The molecule has 1 fully saturated rings. The van der Waals surface area contributed by atoms with E-state index >= 15 is 0 Å². The molecule has 0 radical (unpaired) electrons. The molecule has 0 bridgehead atoms. The first-order chi connectivity index (χ1) is 19.4. The van der Waals surface area contributed by atoms with Gasteiger partial charge in [0.2, 0.25) is 5.89 Å². The molecule has 6 rings (SSSR count). The van der Waals surface area contributed by atoms with Gasteiger partial charge >= 0.3 is 0 Å². The second kappa shape index (κ2) is 11.6. The average Bonchev–Trinajstić information content (AvgIpc) is 3.60. The zero-order valence-corrected chi connectivity index (χ0v) is 23.3. The van der Waals surface area contributed by atoms with E-state index in [1.54, 1.807) is 19.1 Å². The van der Waals surface area contributed by atoms with E-state index in [1.165, 1.54) is 0 Å². The SMILES string of the molecule is C[C@@H](O)C(Oc1ccc2oc(-c3ccc(Cl)cc3)nc2c1)N1CCN(Cc2cc(-c3ccccc3Cl)no2)CC1. The average molecular weight is 579 g/mol. The molecular formula is C30H28Cl2N4O4. The van der Waals surface area contributed by atoms with Crippen molar-refractivity contribution in [3.8, 4) is 28.5 Å². The highest BCUT2D eigenvalue weighted by molar-refractivity contribution is 6.33. The maximum Gasteiger partial charge on any atom is 0.227 e. The Balaban J connectivity index is 1.09. The van der Waals surface area contributed by atoms with Crippen molar-refractivity contribution in [1.82, 2.24) is 19.9 Å². The summed E-state index contributed by atoms with van der Waals surface area (Å²) in [6.45, 7) is 5.43. The summed E-state index contributed by atoms with van der Waals surface area (Å²) in [5.74, 6) is 1.91. The van der Waals surface area contributed by atoms with E-state index < -0.39 is 12.3 Å². The van der Waals surface area contributed by atoms with Gasteiger partial charge in [0.15, 0.2) is 17.6 Å². The monoisotopic (exact) mass is 578 g/mol. The molecule has 8 nitrogen and oxygen atoms in total. The second-order valence-electron chi connectivity index (χ2n) is 9.87. The van der Waals surface area contributed by atoms with Gasteiger partial charge < -0.3 is 18.8 Å². The number of nitrogens with zero attached hydrogens (tertiary/aromatic N) is 4. The van der Waals surface area contributed by atoms with Gasteiger partial charge in [0.25, 0.3) is 0 Å². The third-order valence-corrected chi connectivity index (χ3v) is 7.56. The summed E-state index contributed by atoms with van der Waals surface area (Å²) in [5.41, 5.74) is 3.76. The number of aromatic nitrogens is 2. The van der Waals surface area contributed by atoms with E-state index in [0.717, 1.165) is 48.8 Å². The minimum Gasteiger partial charge on any atom is -0.472 e. The van der Waals surface area contributed by atoms with Crippen LogP contribution in [0, 0.1) is 0 Å². The lowest BCUT2D eigenvalue weighted by Gasteiger charge is -2.39. The minimum atomic E-state index is -0.698. The van der Waals surface area contributed by atoms with Gasteiger partial charge in [0.05, 0.1) is 11.6 Å². The highest BCUT2D eigenvalue weighted by atomic mass is 35.5. The number of hydrogen-bond acceptors (Lipinski definition) is 8. The van der Waals surface area contributed by atoms with Gasteiger partial charge in [-0.15, -0.1) is 0 Å². The Kier molecular flexibility index (Phi) is 7.78. The van der Waals surface area contributed by atoms with Crippen LogP contribution in [0.25, 0.3) is 33.8 Å². The van der Waals surface area contributed by atoms with Gasteiger partial charge in [-0.05, 0) is 49.4 Å². The molecule has 1 N–H and O–H groups in total. The standard InChI is InChI=1S/C30H28Cl2N4O4/c1-19(37)30(38-22-10-11-28-27(16-22)33-29(39-28)20-6-8-21(31)9-7-20)36-14-12-35(13-15-36)18-23-17-26(34-40-23)24-4-2-3-5-25(24)32/h2-11,16-17,19,30,37H,12-15,18H2,1H3/t19-,30?/m1/s1. The Morgan fingerprint density at radius 3 is 2.50 bits per heavy atom. The Morgan fingerprint density at radius 2 is 1.75 bits per heavy atom. The molecule has 3 heterocycles. The van der Waals surface area contributed by atoms with Crippen molar-refractivity contribution in [3.63, 3.8) is 0 Å². The smallest absolute Gasteiger partial charge is 0.227 e. The van der Waals surface area contributed by atoms with Gasteiger partial charge in [0.1, 0.15) is 23.1 Å². The van der Waals surface area contributed by atoms with Crippen LogP contribution >= 0.6 is 23.2 Å². The second-order valence-corrected chi connectivity index (χ2v) is 10.7. The van der Waals surface area contributed by atoms with E-state index in [4.69, 9.17) is 36.9 Å². The molecule has 1 unspecified atom stereocenters. The molecule has 0 amide bonds. The first-order valence-electron chi connectivity index (χ1n) is 13.1. The third kappa shape index (κ3) is 5.87. The summed E-state index contributed by atoms with van der Waals surface area (Å²) in [5, 5.41) is 16.1. The van der Waals surface area contributed by atoms with Crippen LogP contribution in [0.5, 0.6) is 5.75 Å². The van der Waals surface area contributed by atoms with Gasteiger partial charge in [-0.2, -0.15) is 0 Å². The van der Waals surface area contributed by atoms with Crippen LogP contribution in [0.4, 0.5) is 0 Å². The van der Waals surface area contributed by atoms with E-state index in [2.05, 4.69) is 19.9 Å². The fraction of sp³-hybridized carbons (Fsp3) is 0.267. The summed E-state index contributed by atoms with van der Waals surface area (Å²) in [4.78, 5) is 9.07. The Morgan fingerprint density at radius 1 is 0.975 bits per heavy atom. The molecule has 0 aliphatic carbocycles. The van der Waals surface area contributed by atoms with Crippen molar-refractivity contribution in [2.45, 2.75) is 25.8 Å². The summed E-state index contributed by atoms with van der Waals surface area (Å²) >= 11 is 12.3. The number of aliphatic hydroxyl groups excluding tert-OH is 1. The lowest BCUT2D eigenvalue weighted by molar-refractivity contribution is -0.0756. The number of aliphatic hydroxyl groups is 1. The highest BCUT2D eigenvalue weighted by Gasteiger charge is 2.29. The highest BCUT2D eigenvalue weighted by Crippen LogP contribution is 2.30. The van der Waals surface area contributed by atoms with Gasteiger partial charge in [-0.3, -0.25) is 9.80 Å². The molecule has 0 spiro atoms. The molecule has 2 atom stereocenters. The molecule has 1 saturated heterocycles. The predicted octanol–water partition coefficient (Wildman–Crippen LogP) is 6.36. The van der Waals surface area contributed by atoms with Crippen molar-refractivity contribution < 1.29 is 18.8 Å². The maximum absolute atomic E-state index is 10.6. The molecule has 2 aromatic heterocycles. The summed E-state index contributed by atoms with van der Waals surface area (Å²) < 4.78 is 17.8. The number of oxazole rings is 1. The topological polar surface area (TPSA) is 88.0 Å². The number of fused-ring (bicyclic) bond motifs is 1. The lowest BCUT2D eigenvalue weighted by Crippen LogP contribution is -2.55. The van der Waals surface area contributed by atoms with E-state index in [0.29, 0.717) is 39.3 Å². The van der Waals surface area contributed by atoms with Gasteiger partial charge in [-0.25, -0.2) is 4.98 Å². The van der Waals surface area contributed by atoms with Crippen molar-refractivity contribution in [2.75, 3.05) is 26.2 Å². The van der Waals surface area contributed by atoms with Crippen LogP contribution in [0.1, 0.15) is 12.7 Å². The quantitative estimate of drug-likeness (QED) is 0.227. The Labute approximate surface area is 241 Å². The molecule has 1 aliphatic rings. The maximum atomic E-state index is 10.6. The van der Waals surface area contributed by atoms with Crippen LogP contribution in [0.3, 0.4) is 0 Å². The minimum absolute atomic E-state index is 0.501. The molecule has 10 heteroatoms. The van der Waals surface area contributed by atoms with Crippen molar-refractivity contribution in [2.24, 2.45) is 0 Å². The number of benzene rings is 3. The third-order valence-electron chi connectivity index (χ3n) is 6.97. The molecular weight excluding hydrogens is 551 g/mol. The fourth-order valence-corrected chi connectivity index (χ4v) is 5.25. The molecule has 5 aromatic rings. The fourth-order valence-electron chi connectivity index (χ4n) is 4.89. The summed E-state index contributed by atoms with van der Waals surface area (Å²) in [6, 6.07) is 22.4. The number of halogens is 2. The molecule has 1 aliphatic heterocycles. The first-order valence-corrected chi connectivity index (χ1v) is 13.9. The van der Waals surface area contributed by atoms with E-state index in [-0.39, 0.29) is 0 Å². The van der Waals surface area contributed by atoms with Crippen LogP contribution in [0.15, 0.2) is 81.7 Å². The summed E-state index contributed by atoms with van der Waals surface area (Å²) in [6.07, 6.45) is -1.20. The number of rotatable bonds is 8. The van der Waals surface area contributed by atoms with Gasteiger partial charge in [0, 0.05) is 54.5 Å². The largest absolute Gasteiger partial charge is 0.472 e. The van der Waals surface area contributed by atoms with Crippen molar-refractivity contribution >= 4 is 34.3 Å². The Bertz CT molecular complexity index is 1590. The van der Waals surface area contributed by atoms with Crippen molar-refractivity contribution in [3.05, 3.63) is 88.6 Å². The number of ether oxygens (including phenoxy) is 1. The summed E-state index contributed by atoms with van der Waals surface area (Å²) in [7, 11) is 0. The lowest BCUT2D eigenvalue weighted by atomic mass is 10.1. The molecule has 3 aromatic carbocycles. The van der Waals surface area contributed by atoms with E-state index in [9.17, 15) is 5.11 Å². The molecule has 0 saturated carbocycles. The molecule has 40 heavy (non-hydrogen) atoms. The normalized spacial score (nSPS) is 16.3. The first kappa shape index (κ1) is 26.8. The molecule has 206 valence electrons. The number of hydrogen-bond donors (Lipinski definition) is 1. The van der Waals surface area contributed by atoms with Crippen LogP contribution in [-0.4, -0.2) is 63.6 Å². The van der Waals surface area contributed by atoms with Crippen LogP contribution < -0.4 is 4.74 Å². The zero-order chi connectivity index (χ0) is 27.6. The van der Waals surface area contributed by atoms with Crippen LogP contribution in [-0.2, 0) is 6.54 Å². The van der Waals surface area contributed by atoms with Crippen molar-refractivity contribution in [1.29, 1.82) is 0 Å². The zero-order valence-electron chi connectivity index (χ0n) is 21.8. The Hall–Kier alpha value is -3.40. The van der Waals surface area contributed by atoms with Gasteiger partial charge in [-0.1, -0.05) is 46.6 Å². The number of piperazine rings is 1.